The van der Waals surface area contributed by atoms with Gasteiger partial charge >= 0.3 is 5.97 Å². The summed E-state index contributed by atoms with van der Waals surface area (Å²) in [6.07, 6.45) is 1.87. The summed E-state index contributed by atoms with van der Waals surface area (Å²) in [4.78, 5) is 50.9. The van der Waals surface area contributed by atoms with Gasteiger partial charge in [0.25, 0.3) is 0 Å². The number of aliphatic hydroxyl groups excluding tert-OH is 3. The summed E-state index contributed by atoms with van der Waals surface area (Å²) in [5.41, 5.74) is 7.61. The van der Waals surface area contributed by atoms with E-state index in [0.717, 1.165) is 16.5 Å². The predicted octanol–water partition coefficient (Wildman–Crippen LogP) is -3.45. The number of hydrogen-bond donors (Lipinski definition) is 9. The molecule has 10 N–H and O–H groups in total. The Balaban J connectivity index is 1.97. The number of rotatable bonds is 12. The second-order valence-electron chi connectivity index (χ2n) is 7.24. The van der Waals surface area contributed by atoms with Gasteiger partial charge in [0.2, 0.25) is 17.7 Å². The van der Waals surface area contributed by atoms with E-state index in [0.29, 0.717) is 0 Å². The van der Waals surface area contributed by atoms with Crippen molar-refractivity contribution >= 4 is 34.6 Å². The molecule has 0 saturated heterocycles. The van der Waals surface area contributed by atoms with E-state index in [2.05, 4.69) is 15.6 Å². The van der Waals surface area contributed by atoms with Gasteiger partial charge in [0.15, 0.2) is 0 Å². The molecule has 33 heavy (non-hydrogen) atoms. The van der Waals surface area contributed by atoms with Gasteiger partial charge in [-0.2, -0.15) is 0 Å². The summed E-state index contributed by atoms with van der Waals surface area (Å²) < 4.78 is 0. The van der Waals surface area contributed by atoms with E-state index in [4.69, 9.17) is 15.9 Å². The SMILES string of the molecule is NC(Cc1c[nH]c2ccccc12)C(=O)NC(CO)C(=O)NC(CO)C(=O)NC(CO)C(=O)O. The summed E-state index contributed by atoms with van der Waals surface area (Å²) in [5.74, 6) is -4.33. The maximum Gasteiger partial charge on any atom is 0.328 e. The number of benzene rings is 1. The number of aromatic nitrogens is 1. The Hall–Kier alpha value is -3.52. The van der Waals surface area contributed by atoms with Crippen molar-refractivity contribution in [2.24, 2.45) is 5.73 Å². The van der Waals surface area contributed by atoms with Gasteiger partial charge in [-0.25, -0.2) is 4.79 Å². The Morgan fingerprint density at radius 3 is 1.91 bits per heavy atom. The van der Waals surface area contributed by atoms with Crippen LogP contribution in [0.15, 0.2) is 30.5 Å². The molecular weight excluding hydrogens is 438 g/mol. The van der Waals surface area contributed by atoms with E-state index in [9.17, 15) is 29.4 Å². The van der Waals surface area contributed by atoms with E-state index < -0.39 is 67.7 Å². The molecule has 0 aliphatic rings. The zero-order valence-electron chi connectivity index (χ0n) is 17.5. The van der Waals surface area contributed by atoms with Crippen LogP contribution in [-0.2, 0) is 25.6 Å². The molecule has 180 valence electrons. The largest absolute Gasteiger partial charge is 0.480 e. The molecule has 0 saturated carbocycles. The molecule has 0 spiro atoms. The number of aliphatic hydroxyl groups is 3. The minimum Gasteiger partial charge on any atom is -0.480 e. The van der Waals surface area contributed by atoms with Gasteiger partial charge in [0.05, 0.1) is 25.9 Å². The van der Waals surface area contributed by atoms with Crippen LogP contribution in [0.5, 0.6) is 0 Å². The van der Waals surface area contributed by atoms with Gasteiger partial charge in [-0.1, -0.05) is 18.2 Å². The predicted molar refractivity (Wildman–Crippen MR) is 115 cm³/mol. The normalized spacial score (nSPS) is 14.7. The molecule has 1 aromatic heterocycles. The Kier molecular flexibility index (Phi) is 9.30. The van der Waals surface area contributed by atoms with E-state index in [1.54, 1.807) is 6.20 Å². The Labute approximate surface area is 188 Å². The summed E-state index contributed by atoms with van der Waals surface area (Å²) in [7, 11) is 0. The lowest BCUT2D eigenvalue weighted by Crippen LogP contribution is -2.59. The van der Waals surface area contributed by atoms with Gasteiger partial charge in [-0.15, -0.1) is 0 Å². The second kappa shape index (κ2) is 11.9. The molecule has 0 bridgehead atoms. The van der Waals surface area contributed by atoms with Crippen molar-refractivity contribution in [3.05, 3.63) is 36.0 Å². The number of para-hydroxylation sites is 1. The van der Waals surface area contributed by atoms with Gasteiger partial charge in [0.1, 0.15) is 18.1 Å². The molecular formula is C20H27N5O8. The lowest BCUT2D eigenvalue weighted by atomic mass is 10.0. The second-order valence-corrected chi connectivity index (χ2v) is 7.24. The van der Waals surface area contributed by atoms with Crippen LogP contribution < -0.4 is 21.7 Å². The zero-order chi connectivity index (χ0) is 24.5. The van der Waals surface area contributed by atoms with E-state index in [-0.39, 0.29) is 6.42 Å². The summed E-state index contributed by atoms with van der Waals surface area (Å²) in [6, 6.07) is 1.65. The molecule has 13 nitrogen and oxygen atoms in total. The summed E-state index contributed by atoms with van der Waals surface area (Å²) in [6.45, 7) is -2.64. The first-order valence-electron chi connectivity index (χ1n) is 9.98. The van der Waals surface area contributed by atoms with Gasteiger partial charge in [-0.05, 0) is 18.1 Å². The number of aliphatic carboxylic acids is 1. The Morgan fingerprint density at radius 1 is 0.848 bits per heavy atom. The Bertz CT molecular complexity index is 994. The first kappa shape index (κ1) is 25.7. The van der Waals surface area contributed by atoms with Crippen molar-refractivity contribution in [3.63, 3.8) is 0 Å². The van der Waals surface area contributed by atoms with Crippen molar-refractivity contribution < 1.29 is 39.6 Å². The number of carbonyl (C=O) groups excluding carboxylic acids is 3. The molecule has 0 radical (unpaired) electrons. The van der Waals surface area contributed by atoms with Crippen molar-refractivity contribution in [2.45, 2.75) is 30.6 Å². The van der Waals surface area contributed by atoms with E-state index in [1.807, 2.05) is 29.6 Å². The number of carboxylic acid groups (broad SMARTS) is 1. The van der Waals surface area contributed by atoms with Crippen LogP contribution >= 0.6 is 0 Å². The molecule has 0 fully saturated rings. The average Bonchev–Trinajstić information content (AvgIpc) is 3.21. The maximum absolute atomic E-state index is 12.5. The molecule has 1 aromatic carbocycles. The van der Waals surface area contributed by atoms with Crippen LogP contribution in [0.3, 0.4) is 0 Å². The molecule has 2 rings (SSSR count). The van der Waals surface area contributed by atoms with Crippen LogP contribution in [0.1, 0.15) is 5.56 Å². The van der Waals surface area contributed by atoms with Crippen LogP contribution in [0.2, 0.25) is 0 Å². The highest BCUT2D eigenvalue weighted by Gasteiger charge is 2.29. The van der Waals surface area contributed by atoms with E-state index >= 15 is 0 Å². The third kappa shape index (κ3) is 6.73. The molecule has 0 aliphatic heterocycles. The van der Waals surface area contributed by atoms with Gasteiger partial charge < -0.3 is 47.1 Å². The highest BCUT2D eigenvalue weighted by atomic mass is 16.4. The van der Waals surface area contributed by atoms with Crippen LogP contribution in [0.4, 0.5) is 0 Å². The van der Waals surface area contributed by atoms with E-state index in [1.165, 1.54) is 0 Å². The number of carboxylic acids is 1. The van der Waals surface area contributed by atoms with Crippen LogP contribution in [0.25, 0.3) is 10.9 Å². The van der Waals surface area contributed by atoms with Crippen molar-refractivity contribution in [1.29, 1.82) is 0 Å². The summed E-state index contributed by atoms with van der Waals surface area (Å²) in [5, 5.41) is 43.9. The molecule has 1 heterocycles. The first-order chi connectivity index (χ1) is 15.7. The smallest absolute Gasteiger partial charge is 0.328 e. The fraction of sp³-hybridized carbons (Fsp3) is 0.400. The lowest BCUT2D eigenvalue weighted by molar-refractivity contribution is -0.143. The van der Waals surface area contributed by atoms with Crippen molar-refractivity contribution in [1.82, 2.24) is 20.9 Å². The van der Waals surface area contributed by atoms with Crippen LogP contribution in [0, 0.1) is 0 Å². The number of H-pyrrole nitrogens is 1. The topological polar surface area (TPSA) is 227 Å². The maximum atomic E-state index is 12.5. The molecule has 0 aliphatic carbocycles. The number of amides is 3. The molecule has 4 unspecified atom stereocenters. The zero-order valence-corrected chi connectivity index (χ0v) is 17.5. The van der Waals surface area contributed by atoms with Crippen molar-refractivity contribution in [2.75, 3.05) is 19.8 Å². The standard InChI is InChI=1S/C20H27N5O8/c21-12(5-10-6-22-13-4-2-1-3-11(10)13)17(29)23-14(7-26)18(30)24-15(8-27)19(31)25-16(9-28)20(32)33/h1-4,6,12,14-16,22,26-28H,5,7-9,21H2,(H,23,29)(H,24,30)(H,25,31)(H,32,33). The van der Waals surface area contributed by atoms with Gasteiger partial charge in [-0.3, -0.25) is 14.4 Å². The minimum absolute atomic E-state index is 0.148. The number of nitrogens with one attached hydrogen (secondary N) is 4. The fourth-order valence-corrected chi connectivity index (χ4v) is 3.03. The fourth-order valence-electron chi connectivity index (χ4n) is 3.03. The van der Waals surface area contributed by atoms with Gasteiger partial charge in [0, 0.05) is 17.1 Å². The Morgan fingerprint density at radius 2 is 1.36 bits per heavy atom. The van der Waals surface area contributed by atoms with Crippen LogP contribution in [-0.4, -0.2) is 93.1 Å². The average molecular weight is 465 g/mol. The number of hydrogen-bond acceptors (Lipinski definition) is 8. The quantitative estimate of drug-likeness (QED) is 0.152. The number of nitrogens with two attached hydrogens (primary N) is 1. The molecule has 2 aromatic rings. The lowest BCUT2D eigenvalue weighted by Gasteiger charge is -2.23. The number of carbonyl (C=O) groups is 4. The third-order valence-corrected chi connectivity index (χ3v) is 4.88. The highest BCUT2D eigenvalue weighted by Crippen LogP contribution is 2.18. The number of fused-ring (bicyclic) bond motifs is 1. The first-order valence-corrected chi connectivity index (χ1v) is 9.98. The highest BCUT2D eigenvalue weighted by molar-refractivity contribution is 5.94. The third-order valence-electron chi connectivity index (χ3n) is 4.88. The number of aromatic amines is 1. The minimum atomic E-state index is -1.64. The molecule has 13 heteroatoms. The molecule has 3 amide bonds. The summed E-state index contributed by atoms with van der Waals surface area (Å²) >= 11 is 0. The van der Waals surface area contributed by atoms with Crippen molar-refractivity contribution in [3.8, 4) is 0 Å². The molecule has 4 atom stereocenters. The monoisotopic (exact) mass is 465 g/mol.